The minimum absolute atomic E-state index is 0.0642. The van der Waals surface area contributed by atoms with Crippen molar-refractivity contribution in [2.45, 2.75) is 25.8 Å². The molecule has 2 heterocycles. The summed E-state index contributed by atoms with van der Waals surface area (Å²) in [5.74, 6) is -0.757. The maximum Gasteiger partial charge on any atom is 0.348 e. The Labute approximate surface area is 199 Å². The third-order valence-corrected chi connectivity index (χ3v) is 6.90. The highest BCUT2D eigenvalue weighted by atomic mass is 32.2. The number of hydrogen-bond acceptors (Lipinski definition) is 9. The van der Waals surface area contributed by atoms with E-state index in [4.69, 9.17) is 14.2 Å². The normalized spacial score (nSPS) is 10.7. The summed E-state index contributed by atoms with van der Waals surface area (Å²) >= 11 is 2.25. The topological polar surface area (TPSA) is 104 Å². The second-order valence-electron chi connectivity index (χ2n) is 6.97. The van der Waals surface area contributed by atoms with Crippen molar-refractivity contribution in [2.24, 2.45) is 0 Å². The predicted octanol–water partition coefficient (Wildman–Crippen LogP) is 4.62. The van der Waals surface area contributed by atoms with Crippen molar-refractivity contribution in [3.8, 4) is 5.75 Å². The van der Waals surface area contributed by atoms with Gasteiger partial charge in [-0.2, -0.15) is 0 Å². The van der Waals surface area contributed by atoms with Crippen molar-refractivity contribution < 1.29 is 28.6 Å². The number of anilines is 1. The molecule has 1 amide bonds. The van der Waals surface area contributed by atoms with E-state index in [0.29, 0.717) is 16.3 Å². The second kappa shape index (κ2) is 10.7. The van der Waals surface area contributed by atoms with Crippen LogP contribution in [0, 0.1) is 13.8 Å². The van der Waals surface area contributed by atoms with Crippen LogP contribution in [-0.4, -0.2) is 49.4 Å². The van der Waals surface area contributed by atoms with Crippen LogP contribution in [0.25, 0.3) is 10.9 Å². The first-order valence-electron chi connectivity index (χ1n) is 10.1. The molecule has 0 aliphatic rings. The fourth-order valence-corrected chi connectivity index (χ4v) is 5.10. The number of benzene rings is 1. The molecule has 3 rings (SSSR count). The summed E-state index contributed by atoms with van der Waals surface area (Å²) in [6.45, 7) is 5.46. The van der Waals surface area contributed by atoms with E-state index in [1.165, 1.54) is 18.9 Å². The number of pyridine rings is 1. The lowest BCUT2D eigenvalue weighted by Gasteiger charge is -2.09. The third-order valence-electron chi connectivity index (χ3n) is 4.80. The van der Waals surface area contributed by atoms with Gasteiger partial charge in [-0.3, -0.25) is 4.79 Å². The summed E-state index contributed by atoms with van der Waals surface area (Å²) in [6.07, 6.45) is 0. The molecule has 1 aromatic carbocycles. The molecule has 0 aliphatic carbocycles. The van der Waals surface area contributed by atoms with E-state index in [9.17, 15) is 14.4 Å². The minimum Gasteiger partial charge on any atom is -0.497 e. The van der Waals surface area contributed by atoms with E-state index in [1.807, 2.05) is 31.2 Å². The third kappa shape index (κ3) is 5.45. The predicted molar refractivity (Wildman–Crippen MR) is 129 cm³/mol. The van der Waals surface area contributed by atoms with E-state index in [2.05, 4.69) is 10.3 Å². The smallest absolute Gasteiger partial charge is 0.348 e. The van der Waals surface area contributed by atoms with Crippen LogP contribution in [0.2, 0.25) is 0 Å². The van der Waals surface area contributed by atoms with Crippen molar-refractivity contribution >= 4 is 56.8 Å². The van der Waals surface area contributed by atoms with Gasteiger partial charge in [0.25, 0.3) is 0 Å². The average Bonchev–Trinajstić information content (AvgIpc) is 3.12. The summed E-state index contributed by atoms with van der Waals surface area (Å²) in [5, 5.41) is 4.68. The van der Waals surface area contributed by atoms with E-state index < -0.39 is 11.9 Å². The largest absolute Gasteiger partial charge is 0.497 e. The molecular weight excluding hydrogens is 464 g/mol. The van der Waals surface area contributed by atoms with Gasteiger partial charge in [0.2, 0.25) is 5.91 Å². The zero-order chi connectivity index (χ0) is 24.1. The van der Waals surface area contributed by atoms with Gasteiger partial charge < -0.3 is 19.5 Å². The summed E-state index contributed by atoms with van der Waals surface area (Å²) in [6, 6.07) is 7.60. The fraction of sp³-hybridized carbons (Fsp3) is 0.304. The molecule has 0 bridgehead atoms. The second-order valence-corrected chi connectivity index (χ2v) is 8.99. The lowest BCUT2D eigenvalue weighted by Crippen LogP contribution is -2.16. The van der Waals surface area contributed by atoms with Crippen LogP contribution in [0.1, 0.15) is 38.1 Å². The van der Waals surface area contributed by atoms with Gasteiger partial charge in [0.05, 0.1) is 42.7 Å². The van der Waals surface area contributed by atoms with E-state index in [1.54, 1.807) is 21.0 Å². The Kier molecular flexibility index (Phi) is 7.93. The first-order valence-corrected chi connectivity index (χ1v) is 11.9. The zero-order valence-electron chi connectivity index (χ0n) is 18.9. The summed E-state index contributed by atoms with van der Waals surface area (Å²) in [4.78, 5) is 42.0. The molecule has 3 aromatic rings. The lowest BCUT2D eigenvalue weighted by molar-refractivity contribution is -0.113. The molecule has 2 aromatic heterocycles. The number of carbonyl (C=O) groups is 3. The summed E-state index contributed by atoms with van der Waals surface area (Å²) < 4.78 is 15.2. The number of nitrogens with zero attached hydrogens (tertiary/aromatic N) is 1. The number of rotatable bonds is 8. The molecule has 1 N–H and O–H groups in total. The molecule has 8 nitrogen and oxygen atoms in total. The van der Waals surface area contributed by atoms with E-state index in [-0.39, 0.29) is 33.7 Å². The number of nitrogens with one attached hydrogen (secondary N) is 1. The number of aryl methyl sites for hydroxylation is 1. The Hall–Kier alpha value is -3.11. The van der Waals surface area contributed by atoms with Gasteiger partial charge in [-0.1, -0.05) is 11.8 Å². The number of esters is 2. The van der Waals surface area contributed by atoms with Gasteiger partial charge in [0, 0.05) is 11.5 Å². The van der Waals surface area contributed by atoms with Crippen LogP contribution in [0.5, 0.6) is 5.75 Å². The summed E-state index contributed by atoms with van der Waals surface area (Å²) in [7, 11) is 2.86. The first-order chi connectivity index (χ1) is 15.8. The molecule has 0 saturated carbocycles. The minimum atomic E-state index is -0.606. The Morgan fingerprint density at radius 3 is 2.55 bits per heavy atom. The van der Waals surface area contributed by atoms with Crippen molar-refractivity contribution in [3.63, 3.8) is 0 Å². The van der Waals surface area contributed by atoms with Gasteiger partial charge in [0.1, 0.15) is 15.6 Å². The van der Waals surface area contributed by atoms with Gasteiger partial charge in [-0.05, 0) is 50.1 Å². The van der Waals surface area contributed by atoms with Crippen LogP contribution in [0.15, 0.2) is 29.3 Å². The average molecular weight is 489 g/mol. The Bertz CT molecular complexity index is 1220. The molecule has 0 fully saturated rings. The number of hydrogen-bond donors (Lipinski definition) is 1. The maximum absolute atomic E-state index is 12.7. The maximum atomic E-state index is 12.7. The van der Waals surface area contributed by atoms with Crippen molar-refractivity contribution in [3.05, 3.63) is 45.8 Å². The number of thioether (sulfide) groups is 1. The van der Waals surface area contributed by atoms with Crippen LogP contribution >= 0.6 is 23.1 Å². The van der Waals surface area contributed by atoms with Gasteiger partial charge >= 0.3 is 11.9 Å². The molecule has 33 heavy (non-hydrogen) atoms. The number of carbonyl (C=O) groups excluding carboxylic acids is 3. The van der Waals surface area contributed by atoms with Crippen molar-refractivity contribution in [1.82, 2.24) is 4.98 Å². The number of thiophene rings is 1. The number of aromatic nitrogens is 1. The first kappa shape index (κ1) is 24.5. The van der Waals surface area contributed by atoms with Crippen LogP contribution in [0.3, 0.4) is 0 Å². The summed E-state index contributed by atoms with van der Waals surface area (Å²) in [5.41, 5.74) is 2.38. The molecule has 0 spiro atoms. The standard InChI is InChI=1S/C23H24N2O6S2/c1-6-31-22(27)19-13(3)20(23(28)30-5)33-21(19)25-17(26)11-32-18-9-12(2)15-8-7-14(29-4)10-16(15)24-18/h7-10H,6,11H2,1-5H3,(H,25,26). The van der Waals surface area contributed by atoms with Gasteiger partial charge in [-0.25, -0.2) is 14.6 Å². The van der Waals surface area contributed by atoms with Crippen LogP contribution in [-0.2, 0) is 14.3 Å². The molecule has 0 unspecified atom stereocenters. The number of ether oxygens (including phenoxy) is 3. The monoisotopic (exact) mass is 488 g/mol. The molecule has 174 valence electrons. The Morgan fingerprint density at radius 1 is 1.12 bits per heavy atom. The highest BCUT2D eigenvalue weighted by Gasteiger charge is 2.27. The molecule has 10 heteroatoms. The van der Waals surface area contributed by atoms with E-state index >= 15 is 0 Å². The number of fused-ring (bicyclic) bond motifs is 1. The van der Waals surface area contributed by atoms with Crippen LogP contribution in [0.4, 0.5) is 5.00 Å². The Morgan fingerprint density at radius 2 is 1.88 bits per heavy atom. The van der Waals surface area contributed by atoms with Gasteiger partial charge in [-0.15, -0.1) is 11.3 Å². The molecule has 0 saturated heterocycles. The van der Waals surface area contributed by atoms with Crippen molar-refractivity contribution in [1.29, 1.82) is 0 Å². The van der Waals surface area contributed by atoms with Crippen LogP contribution < -0.4 is 10.1 Å². The number of amides is 1. The SMILES string of the molecule is CCOC(=O)c1c(NC(=O)CSc2cc(C)c3ccc(OC)cc3n2)sc(C(=O)OC)c1C. The molecule has 0 aliphatic heterocycles. The van der Waals surface area contributed by atoms with Gasteiger partial charge in [0.15, 0.2) is 0 Å². The zero-order valence-corrected chi connectivity index (χ0v) is 20.6. The molecule has 0 radical (unpaired) electrons. The highest BCUT2D eigenvalue weighted by molar-refractivity contribution is 7.99. The lowest BCUT2D eigenvalue weighted by atomic mass is 10.1. The van der Waals surface area contributed by atoms with E-state index in [0.717, 1.165) is 27.8 Å². The quantitative estimate of drug-likeness (QED) is 0.362. The fourth-order valence-electron chi connectivity index (χ4n) is 3.19. The molecular formula is C23H24N2O6S2. The highest BCUT2D eigenvalue weighted by Crippen LogP contribution is 2.34. The van der Waals surface area contributed by atoms with Crippen molar-refractivity contribution in [2.75, 3.05) is 31.9 Å². The Balaban J connectivity index is 1.79. The molecule has 0 atom stereocenters. The number of methoxy groups -OCH3 is 2.